The predicted octanol–water partition coefficient (Wildman–Crippen LogP) is 5.34. The summed E-state index contributed by atoms with van der Waals surface area (Å²) in [5, 5.41) is 11.6. The van der Waals surface area contributed by atoms with E-state index >= 15 is 0 Å². The molecule has 0 saturated carbocycles. The summed E-state index contributed by atoms with van der Waals surface area (Å²) in [6.07, 6.45) is 0. The van der Waals surface area contributed by atoms with Crippen molar-refractivity contribution in [2.24, 2.45) is 0 Å². The van der Waals surface area contributed by atoms with Crippen LogP contribution in [0.3, 0.4) is 0 Å². The summed E-state index contributed by atoms with van der Waals surface area (Å²) in [4.78, 5) is 29.9. The molecule has 4 rings (SSSR count). The molecule has 3 aromatic carbocycles. The topological polar surface area (TPSA) is 60.9 Å². The highest BCUT2D eigenvalue weighted by molar-refractivity contribution is 6.51. The zero-order valence-corrected chi connectivity index (χ0v) is 18.8. The Morgan fingerprint density at radius 1 is 0.938 bits per heavy atom. The second kappa shape index (κ2) is 8.52. The van der Waals surface area contributed by atoms with Gasteiger partial charge >= 0.3 is 0 Å². The molecule has 1 fully saturated rings. The Kier molecular flexibility index (Phi) is 5.76. The third-order valence-electron chi connectivity index (χ3n) is 5.66. The van der Waals surface area contributed by atoms with Crippen molar-refractivity contribution in [3.8, 4) is 0 Å². The van der Waals surface area contributed by atoms with Gasteiger partial charge in [-0.1, -0.05) is 41.9 Å². The van der Waals surface area contributed by atoms with Crippen LogP contribution in [0.2, 0.25) is 5.02 Å². The lowest BCUT2D eigenvalue weighted by atomic mass is 9.94. The minimum absolute atomic E-state index is 0.0539. The number of ketones is 1. The van der Waals surface area contributed by atoms with Gasteiger partial charge in [0.2, 0.25) is 0 Å². The first kappa shape index (κ1) is 21.7. The molecule has 0 spiro atoms. The molecule has 0 aliphatic carbocycles. The van der Waals surface area contributed by atoms with Crippen molar-refractivity contribution >= 4 is 40.4 Å². The molecule has 1 N–H and O–H groups in total. The number of halogens is 1. The van der Waals surface area contributed by atoms with Gasteiger partial charge in [0.05, 0.1) is 11.6 Å². The summed E-state index contributed by atoms with van der Waals surface area (Å²) in [5.74, 6) is -1.61. The fourth-order valence-corrected chi connectivity index (χ4v) is 4.07. The van der Waals surface area contributed by atoms with Crippen LogP contribution in [0, 0.1) is 6.92 Å². The van der Waals surface area contributed by atoms with Crippen LogP contribution in [-0.2, 0) is 9.59 Å². The van der Waals surface area contributed by atoms with E-state index < -0.39 is 17.7 Å². The van der Waals surface area contributed by atoms with E-state index in [4.69, 9.17) is 11.6 Å². The van der Waals surface area contributed by atoms with Crippen LogP contribution in [0.1, 0.15) is 22.7 Å². The van der Waals surface area contributed by atoms with Crippen LogP contribution in [0.25, 0.3) is 5.76 Å². The number of carbonyl (C=O) groups excluding carboxylic acids is 2. The second-order valence-electron chi connectivity index (χ2n) is 7.95. The lowest BCUT2D eigenvalue weighted by molar-refractivity contribution is -0.132. The molecule has 1 unspecified atom stereocenters. The maximum absolute atomic E-state index is 13.2. The molecule has 1 amide bonds. The van der Waals surface area contributed by atoms with Gasteiger partial charge in [0, 0.05) is 36.1 Å². The quantitative estimate of drug-likeness (QED) is 0.334. The van der Waals surface area contributed by atoms with Crippen molar-refractivity contribution in [2.45, 2.75) is 13.0 Å². The van der Waals surface area contributed by atoms with Gasteiger partial charge in [0.25, 0.3) is 11.7 Å². The number of aliphatic hydroxyl groups excluding tert-OH is 1. The number of hydrogen-bond acceptors (Lipinski definition) is 4. The maximum atomic E-state index is 13.2. The molecule has 1 aliphatic heterocycles. The van der Waals surface area contributed by atoms with E-state index in [1.54, 1.807) is 24.3 Å². The Hall–Kier alpha value is -3.57. The van der Waals surface area contributed by atoms with Gasteiger partial charge in [-0.3, -0.25) is 14.5 Å². The van der Waals surface area contributed by atoms with E-state index in [1.807, 2.05) is 74.4 Å². The largest absolute Gasteiger partial charge is 0.507 e. The Bertz CT molecular complexity index is 1210. The molecule has 1 atom stereocenters. The number of carbonyl (C=O) groups is 2. The van der Waals surface area contributed by atoms with Gasteiger partial charge in [-0.05, 0) is 60.5 Å². The molecule has 1 saturated heterocycles. The minimum atomic E-state index is -0.761. The summed E-state index contributed by atoms with van der Waals surface area (Å²) >= 11 is 5.98. The highest BCUT2D eigenvalue weighted by atomic mass is 35.5. The van der Waals surface area contributed by atoms with Gasteiger partial charge in [-0.25, -0.2) is 0 Å². The van der Waals surface area contributed by atoms with E-state index in [0.717, 1.165) is 16.8 Å². The monoisotopic (exact) mass is 446 g/mol. The molecule has 162 valence electrons. The molecule has 0 radical (unpaired) electrons. The van der Waals surface area contributed by atoms with Crippen LogP contribution < -0.4 is 9.80 Å². The van der Waals surface area contributed by atoms with Gasteiger partial charge in [-0.2, -0.15) is 0 Å². The van der Waals surface area contributed by atoms with Gasteiger partial charge in [0.1, 0.15) is 5.76 Å². The summed E-state index contributed by atoms with van der Waals surface area (Å²) in [5.41, 5.74) is 3.68. The average Bonchev–Trinajstić information content (AvgIpc) is 3.05. The van der Waals surface area contributed by atoms with Gasteiger partial charge in [0.15, 0.2) is 0 Å². The zero-order chi connectivity index (χ0) is 23.0. The van der Waals surface area contributed by atoms with Crippen LogP contribution in [0.4, 0.5) is 11.4 Å². The zero-order valence-electron chi connectivity index (χ0n) is 18.0. The van der Waals surface area contributed by atoms with Crippen molar-refractivity contribution < 1.29 is 14.7 Å². The lowest BCUT2D eigenvalue weighted by Gasteiger charge is -2.27. The molecule has 5 nitrogen and oxygen atoms in total. The average molecular weight is 447 g/mol. The molecule has 1 heterocycles. The van der Waals surface area contributed by atoms with Crippen LogP contribution in [-0.4, -0.2) is 30.9 Å². The SMILES string of the molecule is Cc1ccccc1N1C(=O)C(=O)/C(=C(\O)c2ccc(Cl)cc2)C1c1ccc(N(C)C)cc1. The first-order valence-corrected chi connectivity index (χ1v) is 10.6. The van der Waals surface area contributed by atoms with Crippen molar-refractivity contribution in [1.29, 1.82) is 0 Å². The number of aryl methyl sites for hydroxylation is 1. The molecule has 3 aromatic rings. The fourth-order valence-electron chi connectivity index (χ4n) is 3.95. The molecule has 32 heavy (non-hydrogen) atoms. The highest BCUT2D eigenvalue weighted by Gasteiger charge is 2.47. The molecule has 6 heteroatoms. The number of hydrogen-bond donors (Lipinski definition) is 1. The number of nitrogens with zero attached hydrogens (tertiary/aromatic N) is 2. The van der Waals surface area contributed by atoms with E-state index in [0.29, 0.717) is 16.3 Å². The van der Waals surface area contributed by atoms with Gasteiger partial charge < -0.3 is 10.0 Å². The molecule has 0 aromatic heterocycles. The Morgan fingerprint density at radius 3 is 2.16 bits per heavy atom. The summed E-state index contributed by atoms with van der Waals surface area (Å²) < 4.78 is 0. The first-order chi connectivity index (χ1) is 15.3. The maximum Gasteiger partial charge on any atom is 0.300 e. The highest BCUT2D eigenvalue weighted by Crippen LogP contribution is 2.43. The fraction of sp³-hybridized carbons (Fsp3) is 0.154. The number of anilines is 2. The molecule has 0 bridgehead atoms. The minimum Gasteiger partial charge on any atom is -0.507 e. The summed E-state index contributed by atoms with van der Waals surface area (Å²) in [7, 11) is 3.88. The normalized spacial score (nSPS) is 17.6. The number of benzene rings is 3. The van der Waals surface area contributed by atoms with E-state index in [9.17, 15) is 14.7 Å². The molecular weight excluding hydrogens is 424 g/mol. The van der Waals surface area contributed by atoms with E-state index in [-0.39, 0.29) is 11.3 Å². The Balaban J connectivity index is 1.94. The third kappa shape index (κ3) is 3.76. The number of Topliss-reactive ketones (excluding diaryl/α,β-unsaturated/α-hetero) is 1. The number of para-hydroxylation sites is 1. The Labute approximate surface area is 192 Å². The molecule has 1 aliphatic rings. The smallest absolute Gasteiger partial charge is 0.300 e. The van der Waals surface area contributed by atoms with Crippen LogP contribution in [0.15, 0.2) is 78.4 Å². The Morgan fingerprint density at radius 2 is 1.56 bits per heavy atom. The second-order valence-corrected chi connectivity index (χ2v) is 8.38. The third-order valence-corrected chi connectivity index (χ3v) is 5.91. The van der Waals surface area contributed by atoms with E-state index in [1.165, 1.54) is 4.90 Å². The van der Waals surface area contributed by atoms with Crippen LogP contribution >= 0.6 is 11.6 Å². The number of aliphatic hydroxyl groups is 1. The lowest BCUT2D eigenvalue weighted by Crippen LogP contribution is -2.30. The van der Waals surface area contributed by atoms with Gasteiger partial charge in [-0.15, -0.1) is 0 Å². The van der Waals surface area contributed by atoms with Crippen molar-refractivity contribution in [2.75, 3.05) is 23.9 Å². The van der Waals surface area contributed by atoms with Crippen molar-refractivity contribution in [1.82, 2.24) is 0 Å². The van der Waals surface area contributed by atoms with Crippen molar-refractivity contribution in [3.63, 3.8) is 0 Å². The predicted molar refractivity (Wildman–Crippen MR) is 128 cm³/mol. The van der Waals surface area contributed by atoms with Crippen LogP contribution in [0.5, 0.6) is 0 Å². The number of rotatable bonds is 4. The first-order valence-electron chi connectivity index (χ1n) is 10.2. The van der Waals surface area contributed by atoms with Crippen molar-refractivity contribution in [3.05, 3.63) is 100 Å². The summed E-state index contributed by atoms with van der Waals surface area (Å²) in [6.45, 7) is 1.89. The number of amides is 1. The molecular formula is C26H23ClN2O3. The standard InChI is InChI=1S/C26H23ClN2O3/c1-16-6-4-5-7-21(16)29-23(17-10-14-20(15-11-17)28(2)3)22(25(31)26(29)32)24(30)18-8-12-19(27)13-9-18/h4-15,23,30H,1-3H3/b24-22-. The van der Waals surface area contributed by atoms with E-state index in [2.05, 4.69) is 0 Å². The summed E-state index contributed by atoms with van der Waals surface area (Å²) in [6, 6.07) is 20.8.